The summed E-state index contributed by atoms with van der Waals surface area (Å²) < 4.78 is 5.60. The van der Waals surface area contributed by atoms with Gasteiger partial charge in [-0.05, 0) is 62.8 Å². The van der Waals surface area contributed by atoms with E-state index < -0.39 is 0 Å². The fourth-order valence-corrected chi connectivity index (χ4v) is 2.55. The summed E-state index contributed by atoms with van der Waals surface area (Å²) in [4.78, 5) is 6.81. The number of hydrogen-bond donors (Lipinski definition) is 0. The van der Waals surface area contributed by atoms with Crippen LogP contribution in [0.1, 0.15) is 23.7 Å². The molecule has 0 atom stereocenters. The third-order valence-electron chi connectivity index (χ3n) is 3.55. The summed E-state index contributed by atoms with van der Waals surface area (Å²) in [7, 11) is 5.89. The van der Waals surface area contributed by atoms with E-state index in [1.54, 1.807) is 7.11 Å². The van der Waals surface area contributed by atoms with Crippen molar-refractivity contribution in [1.82, 2.24) is 9.88 Å². The van der Waals surface area contributed by atoms with Gasteiger partial charge in [0.15, 0.2) is 0 Å². The Morgan fingerprint density at radius 1 is 1.14 bits per heavy atom. The van der Waals surface area contributed by atoms with Crippen molar-refractivity contribution in [2.45, 2.75) is 26.8 Å². The predicted octanol–water partition coefficient (Wildman–Crippen LogP) is 3.69. The van der Waals surface area contributed by atoms with E-state index >= 15 is 0 Å². The first kappa shape index (κ1) is 15.5. The number of aryl methyl sites for hydroxylation is 2. The van der Waals surface area contributed by atoms with Crippen LogP contribution in [-0.2, 0) is 13.0 Å². The molecule has 0 saturated heterocycles. The summed E-state index contributed by atoms with van der Waals surface area (Å²) in [6.45, 7) is 5.12. The van der Waals surface area contributed by atoms with Crippen LogP contribution < -0.4 is 4.74 Å². The molecule has 0 N–H and O–H groups in total. The highest BCUT2D eigenvalue weighted by Crippen LogP contribution is 2.32. The van der Waals surface area contributed by atoms with Crippen LogP contribution in [0, 0.1) is 6.92 Å². The molecule has 0 amide bonds. The zero-order valence-corrected chi connectivity index (χ0v) is 13.6. The fourth-order valence-electron chi connectivity index (χ4n) is 2.55. The fraction of sp³-hybridized carbons (Fsp3) is 0.389. The molecule has 3 nitrogen and oxygen atoms in total. The average molecular weight is 284 g/mol. The Kier molecular flexibility index (Phi) is 4.97. The Labute approximate surface area is 127 Å². The van der Waals surface area contributed by atoms with Gasteiger partial charge in [0.05, 0.1) is 12.8 Å². The van der Waals surface area contributed by atoms with Gasteiger partial charge < -0.3 is 9.64 Å². The summed E-state index contributed by atoms with van der Waals surface area (Å²) in [6.07, 6.45) is 1.01. The van der Waals surface area contributed by atoms with Crippen LogP contribution in [0.4, 0.5) is 0 Å². The molecular formula is C18H24N2O. The number of hydrogen-bond acceptors (Lipinski definition) is 3. The minimum Gasteiger partial charge on any atom is -0.496 e. The summed E-state index contributed by atoms with van der Waals surface area (Å²) in [5, 5.41) is 0. The first-order chi connectivity index (χ1) is 10.0. The summed E-state index contributed by atoms with van der Waals surface area (Å²) in [5.41, 5.74) is 5.72. The molecule has 0 fully saturated rings. The highest BCUT2D eigenvalue weighted by atomic mass is 16.5. The minimum atomic E-state index is 0.891. The van der Waals surface area contributed by atoms with Crippen molar-refractivity contribution in [3.8, 4) is 17.0 Å². The number of aromatic nitrogens is 1. The number of ether oxygens (including phenoxy) is 1. The molecule has 0 unspecified atom stereocenters. The van der Waals surface area contributed by atoms with Crippen molar-refractivity contribution in [2.24, 2.45) is 0 Å². The van der Waals surface area contributed by atoms with Gasteiger partial charge in [-0.1, -0.05) is 13.0 Å². The molecule has 2 rings (SSSR count). The maximum absolute atomic E-state index is 5.60. The quantitative estimate of drug-likeness (QED) is 0.837. The Morgan fingerprint density at radius 2 is 1.90 bits per heavy atom. The van der Waals surface area contributed by atoms with E-state index in [1.807, 2.05) is 25.1 Å². The molecule has 0 spiro atoms. The van der Waals surface area contributed by atoms with Crippen LogP contribution in [-0.4, -0.2) is 31.1 Å². The van der Waals surface area contributed by atoms with Crippen molar-refractivity contribution >= 4 is 0 Å². The average Bonchev–Trinajstić information content (AvgIpc) is 2.46. The van der Waals surface area contributed by atoms with Gasteiger partial charge in [-0.2, -0.15) is 0 Å². The molecule has 0 aliphatic carbocycles. The lowest BCUT2D eigenvalue weighted by atomic mass is 9.98. The normalized spacial score (nSPS) is 11.0. The molecule has 1 aromatic heterocycles. The molecular weight excluding hydrogens is 260 g/mol. The molecule has 0 saturated carbocycles. The highest BCUT2D eigenvalue weighted by molar-refractivity contribution is 5.69. The second kappa shape index (κ2) is 6.72. The van der Waals surface area contributed by atoms with Crippen LogP contribution in [0.3, 0.4) is 0 Å². The summed E-state index contributed by atoms with van der Waals surface area (Å²) in [6, 6.07) is 10.5. The maximum Gasteiger partial charge on any atom is 0.128 e. The Hall–Kier alpha value is -1.87. The topological polar surface area (TPSA) is 25.4 Å². The van der Waals surface area contributed by atoms with Gasteiger partial charge in [-0.25, -0.2) is 0 Å². The smallest absolute Gasteiger partial charge is 0.128 e. The van der Waals surface area contributed by atoms with Gasteiger partial charge in [-0.15, -0.1) is 0 Å². The van der Waals surface area contributed by atoms with E-state index in [9.17, 15) is 0 Å². The molecule has 0 aliphatic rings. The number of pyridine rings is 1. The number of methoxy groups -OCH3 is 1. The third-order valence-corrected chi connectivity index (χ3v) is 3.55. The highest BCUT2D eigenvalue weighted by Gasteiger charge is 2.13. The lowest BCUT2D eigenvalue weighted by molar-refractivity contribution is 0.394. The van der Waals surface area contributed by atoms with Crippen LogP contribution >= 0.6 is 0 Å². The van der Waals surface area contributed by atoms with Gasteiger partial charge in [0.1, 0.15) is 5.75 Å². The molecule has 21 heavy (non-hydrogen) atoms. The lowest BCUT2D eigenvalue weighted by Gasteiger charge is -2.17. The Balaban J connectivity index is 2.55. The van der Waals surface area contributed by atoms with Crippen molar-refractivity contribution < 1.29 is 4.74 Å². The second-order valence-corrected chi connectivity index (χ2v) is 5.58. The van der Waals surface area contributed by atoms with Gasteiger partial charge in [-0.3, -0.25) is 4.98 Å². The number of rotatable bonds is 5. The molecule has 1 heterocycles. The van der Waals surface area contributed by atoms with Gasteiger partial charge in [0.25, 0.3) is 0 Å². The SMILES string of the molecule is CCc1cc(-c2cccc(C)n2)c(OC)cc1CN(C)C. The van der Waals surface area contributed by atoms with Crippen LogP contribution in [0.5, 0.6) is 5.75 Å². The van der Waals surface area contributed by atoms with Gasteiger partial charge in [0.2, 0.25) is 0 Å². The molecule has 3 heteroatoms. The van der Waals surface area contributed by atoms with Crippen LogP contribution in [0.2, 0.25) is 0 Å². The van der Waals surface area contributed by atoms with Gasteiger partial charge >= 0.3 is 0 Å². The number of benzene rings is 1. The Morgan fingerprint density at radius 3 is 2.48 bits per heavy atom. The van der Waals surface area contributed by atoms with E-state index in [-0.39, 0.29) is 0 Å². The van der Waals surface area contributed by atoms with Crippen LogP contribution in [0.25, 0.3) is 11.3 Å². The summed E-state index contributed by atoms with van der Waals surface area (Å²) >= 11 is 0. The third kappa shape index (κ3) is 3.61. The molecule has 2 aromatic rings. The molecule has 112 valence electrons. The first-order valence-corrected chi connectivity index (χ1v) is 7.33. The van der Waals surface area contributed by atoms with E-state index in [0.717, 1.165) is 35.7 Å². The van der Waals surface area contributed by atoms with Gasteiger partial charge in [0, 0.05) is 17.8 Å². The molecule has 1 aromatic carbocycles. The first-order valence-electron chi connectivity index (χ1n) is 7.33. The summed E-state index contributed by atoms with van der Waals surface area (Å²) in [5.74, 6) is 0.891. The van der Waals surface area contributed by atoms with Crippen LogP contribution in [0.15, 0.2) is 30.3 Å². The van der Waals surface area contributed by atoms with Crippen molar-refractivity contribution in [3.63, 3.8) is 0 Å². The van der Waals surface area contributed by atoms with E-state index in [1.165, 1.54) is 11.1 Å². The predicted molar refractivity (Wildman–Crippen MR) is 87.7 cm³/mol. The van der Waals surface area contributed by atoms with E-state index in [2.05, 4.69) is 43.0 Å². The van der Waals surface area contributed by atoms with Crippen molar-refractivity contribution in [3.05, 3.63) is 47.2 Å². The van der Waals surface area contributed by atoms with Crippen molar-refractivity contribution in [2.75, 3.05) is 21.2 Å². The number of nitrogens with zero attached hydrogens (tertiary/aromatic N) is 2. The second-order valence-electron chi connectivity index (χ2n) is 5.58. The minimum absolute atomic E-state index is 0.891. The monoisotopic (exact) mass is 284 g/mol. The molecule has 0 bridgehead atoms. The standard InChI is InChI=1S/C18H24N2O/c1-6-14-10-16(17-9-7-8-13(2)19-17)18(21-5)11-15(14)12-20(3)4/h7-11H,6,12H2,1-5H3. The maximum atomic E-state index is 5.60. The largest absolute Gasteiger partial charge is 0.496 e. The lowest BCUT2D eigenvalue weighted by Crippen LogP contribution is -2.12. The Bertz CT molecular complexity index is 621. The van der Waals surface area contributed by atoms with E-state index in [0.29, 0.717) is 0 Å². The molecule has 0 aliphatic heterocycles. The van der Waals surface area contributed by atoms with Crippen molar-refractivity contribution in [1.29, 1.82) is 0 Å². The van der Waals surface area contributed by atoms with E-state index in [4.69, 9.17) is 4.74 Å². The molecule has 0 radical (unpaired) electrons. The zero-order chi connectivity index (χ0) is 15.4. The zero-order valence-electron chi connectivity index (χ0n) is 13.6.